The number of hydrogen-bond acceptors (Lipinski definition) is 3. The standard InChI is InChI=1S/C22H29N3O/c1-3-23(17-20-9-5-4-6-10-20)18-22(26)25-14-12-24(13-15-25)21-11-7-8-19(2)16-21/h4-11,16H,3,12-15,17-18H2,1-2H3. The maximum absolute atomic E-state index is 12.7. The highest BCUT2D eigenvalue weighted by Crippen LogP contribution is 2.18. The Morgan fingerprint density at radius 1 is 1.00 bits per heavy atom. The van der Waals surface area contributed by atoms with Crippen LogP contribution in [0.3, 0.4) is 0 Å². The van der Waals surface area contributed by atoms with Gasteiger partial charge >= 0.3 is 0 Å². The normalized spacial score (nSPS) is 14.7. The fraction of sp³-hybridized carbons (Fsp3) is 0.409. The summed E-state index contributed by atoms with van der Waals surface area (Å²) >= 11 is 0. The van der Waals surface area contributed by atoms with E-state index >= 15 is 0 Å². The van der Waals surface area contributed by atoms with Gasteiger partial charge in [-0.1, -0.05) is 49.4 Å². The van der Waals surface area contributed by atoms with E-state index in [9.17, 15) is 4.79 Å². The summed E-state index contributed by atoms with van der Waals surface area (Å²) in [7, 11) is 0. The van der Waals surface area contributed by atoms with Gasteiger partial charge in [0.1, 0.15) is 0 Å². The van der Waals surface area contributed by atoms with Gasteiger partial charge in [-0.05, 0) is 36.7 Å². The van der Waals surface area contributed by atoms with E-state index < -0.39 is 0 Å². The summed E-state index contributed by atoms with van der Waals surface area (Å²) in [6.07, 6.45) is 0. The van der Waals surface area contributed by atoms with Crippen LogP contribution in [0, 0.1) is 6.92 Å². The number of piperazine rings is 1. The smallest absolute Gasteiger partial charge is 0.236 e. The lowest BCUT2D eigenvalue weighted by atomic mass is 10.2. The van der Waals surface area contributed by atoms with Crippen molar-refractivity contribution >= 4 is 11.6 Å². The van der Waals surface area contributed by atoms with E-state index in [1.54, 1.807) is 0 Å². The first-order valence-electron chi connectivity index (χ1n) is 9.51. The molecule has 0 aliphatic carbocycles. The van der Waals surface area contributed by atoms with Crippen LogP contribution >= 0.6 is 0 Å². The molecule has 4 nitrogen and oxygen atoms in total. The number of benzene rings is 2. The Morgan fingerprint density at radius 3 is 2.38 bits per heavy atom. The minimum Gasteiger partial charge on any atom is -0.368 e. The largest absolute Gasteiger partial charge is 0.368 e. The molecule has 26 heavy (non-hydrogen) atoms. The second kappa shape index (κ2) is 8.86. The molecule has 1 amide bonds. The van der Waals surface area contributed by atoms with Crippen LogP contribution in [0.1, 0.15) is 18.1 Å². The molecule has 4 heteroatoms. The summed E-state index contributed by atoms with van der Waals surface area (Å²) < 4.78 is 0. The molecule has 2 aromatic rings. The van der Waals surface area contributed by atoms with Gasteiger partial charge in [-0.3, -0.25) is 9.69 Å². The number of nitrogens with zero attached hydrogens (tertiary/aromatic N) is 3. The zero-order chi connectivity index (χ0) is 18.4. The Balaban J connectivity index is 1.51. The van der Waals surface area contributed by atoms with Crippen molar-refractivity contribution in [3.05, 3.63) is 65.7 Å². The molecule has 0 spiro atoms. The SMILES string of the molecule is CCN(CC(=O)N1CCN(c2cccc(C)c2)CC1)Cc1ccccc1. The van der Waals surface area contributed by atoms with Gasteiger partial charge in [-0.15, -0.1) is 0 Å². The van der Waals surface area contributed by atoms with Crippen molar-refractivity contribution in [2.24, 2.45) is 0 Å². The Labute approximate surface area is 157 Å². The van der Waals surface area contributed by atoms with Crippen LogP contribution in [0.2, 0.25) is 0 Å². The fourth-order valence-corrected chi connectivity index (χ4v) is 3.45. The number of aryl methyl sites for hydroxylation is 1. The molecule has 0 unspecified atom stereocenters. The van der Waals surface area contributed by atoms with Gasteiger partial charge in [0, 0.05) is 38.4 Å². The molecule has 0 N–H and O–H groups in total. The highest BCUT2D eigenvalue weighted by molar-refractivity contribution is 5.78. The molecular weight excluding hydrogens is 322 g/mol. The first-order chi connectivity index (χ1) is 12.7. The molecule has 1 saturated heterocycles. The van der Waals surface area contributed by atoms with E-state index in [0.29, 0.717) is 6.54 Å². The lowest BCUT2D eigenvalue weighted by Gasteiger charge is -2.37. The van der Waals surface area contributed by atoms with Gasteiger partial charge in [-0.2, -0.15) is 0 Å². The average Bonchev–Trinajstić information content (AvgIpc) is 2.68. The molecule has 1 heterocycles. The van der Waals surface area contributed by atoms with E-state index in [2.05, 4.69) is 72.2 Å². The van der Waals surface area contributed by atoms with E-state index in [-0.39, 0.29) is 5.91 Å². The number of likely N-dealkylation sites (N-methyl/N-ethyl adjacent to an activating group) is 1. The van der Waals surface area contributed by atoms with Gasteiger partial charge in [-0.25, -0.2) is 0 Å². The van der Waals surface area contributed by atoms with Crippen molar-refractivity contribution in [2.45, 2.75) is 20.4 Å². The molecule has 0 radical (unpaired) electrons. The van der Waals surface area contributed by atoms with Crippen molar-refractivity contribution < 1.29 is 4.79 Å². The Bertz CT molecular complexity index is 708. The molecule has 0 aromatic heterocycles. The third kappa shape index (κ3) is 4.85. The summed E-state index contributed by atoms with van der Waals surface area (Å²) in [6, 6.07) is 19.0. The number of anilines is 1. The van der Waals surface area contributed by atoms with Crippen LogP contribution in [0.4, 0.5) is 5.69 Å². The van der Waals surface area contributed by atoms with Crippen LogP contribution < -0.4 is 4.90 Å². The third-order valence-electron chi connectivity index (χ3n) is 5.05. The Hall–Kier alpha value is -2.33. The van der Waals surface area contributed by atoms with E-state index in [4.69, 9.17) is 0 Å². The Morgan fingerprint density at radius 2 is 1.73 bits per heavy atom. The molecule has 1 fully saturated rings. The summed E-state index contributed by atoms with van der Waals surface area (Å²) in [6.45, 7) is 9.85. The molecule has 3 rings (SSSR count). The summed E-state index contributed by atoms with van der Waals surface area (Å²) in [5.41, 5.74) is 3.79. The van der Waals surface area contributed by atoms with Crippen molar-refractivity contribution in [3.8, 4) is 0 Å². The van der Waals surface area contributed by atoms with Gasteiger partial charge in [0.2, 0.25) is 5.91 Å². The minimum atomic E-state index is 0.242. The molecule has 138 valence electrons. The monoisotopic (exact) mass is 351 g/mol. The van der Waals surface area contributed by atoms with Gasteiger partial charge < -0.3 is 9.80 Å². The number of hydrogen-bond donors (Lipinski definition) is 0. The molecule has 0 atom stereocenters. The summed E-state index contributed by atoms with van der Waals surface area (Å²) in [5, 5.41) is 0. The second-order valence-electron chi connectivity index (χ2n) is 7.00. The molecule has 1 aliphatic rings. The highest BCUT2D eigenvalue weighted by atomic mass is 16.2. The van der Waals surface area contributed by atoms with Gasteiger partial charge in [0.15, 0.2) is 0 Å². The van der Waals surface area contributed by atoms with E-state index in [1.165, 1.54) is 16.8 Å². The average molecular weight is 351 g/mol. The first kappa shape index (κ1) is 18.5. The molecule has 0 bridgehead atoms. The molecule has 1 aliphatic heterocycles. The topological polar surface area (TPSA) is 26.8 Å². The van der Waals surface area contributed by atoms with E-state index in [1.807, 2.05) is 11.0 Å². The van der Waals surface area contributed by atoms with Crippen LogP contribution in [-0.2, 0) is 11.3 Å². The molecule has 0 saturated carbocycles. The highest BCUT2D eigenvalue weighted by Gasteiger charge is 2.22. The van der Waals surface area contributed by atoms with Crippen molar-refractivity contribution in [1.29, 1.82) is 0 Å². The molecule has 2 aromatic carbocycles. The van der Waals surface area contributed by atoms with Gasteiger partial charge in [0.05, 0.1) is 6.54 Å². The number of amides is 1. The summed E-state index contributed by atoms with van der Waals surface area (Å²) in [4.78, 5) is 19.3. The van der Waals surface area contributed by atoms with Crippen LogP contribution in [-0.4, -0.2) is 55.0 Å². The number of rotatable bonds is 6. The predicted octanol–water partition coefficient (Wildman–Crippen LogP) is 3.17. The maximum atomic E-state index is 12.7. The van der Waals surface area contributed by atoms with Gasteiger partial charge in [0.25, 0.3) is 0 Å². The lowest BCUT2D eigenvalue weighted by Crippen LogP contribution is -2.51. The van der Waals surface area contributed by atoms with E-state index in [0.717, 1.165) is 39.3 Å². The van der Waals surface area contributed by atoms with Crippen LogP contribution in [0.25, 0.3) is 0 Å². The number of carbonyl (C=O) groups excluding carboxylic acids is 1. The van der Waals surface area contributed by atoms with Crippen molar-refractivity contribution in [1.82, 2.24) is 9.80 Å². The minimum absolute atomic E-state index is 0.242. The first-order valence-corrected chi connectivity index (χ1v) is 9.51. The van der Waals surface area contributed by atoms with Crippen LogP contribution in [0.15, 0.2) is 54.6 Å². The maximum Gasteiger partial charge on any atom is 0.236 e. The zero-order valence-electron chi connectivity index (χ0n) is 15.9. The lowest BCUT2D eigenvalue weighted by molar-refractivity contribution is -0.132. The predicted molar refractivity (Wildman–Crippen MR) is 107 cm³/mol. The number of carbonyl (C=O) groups is 1. The van der Waals surface area contributed by atoms with Crippen molar-refractivity contribution in [3.63, 3.8) is 0 Å². The molecular formula is C22H29N3O. The fourth-order valence-electron chi connectivity index (χ4n) is 3.45. The Kier molecular flexibility index (Phi) is 6.29. The second-order valence-corrected chi connectivity index (χ2v) is 7.00. The quantitative estimate of drug-likeness (QED) is 0.800. The summed E-state index contributed by atoms with van der Waals surface area (Å²) in [5.74, 6) is 0.242. The van der Waals surface area contributed by atoms with Crippen molar-refractivity contribution in [2.75, 3.05) is 44.2 Å². The third-order valence-corrected chi connectivity index (χ3v) is 5.05. The van der Waals surface area contributed by atoms with Crippen LogP contribution in [0.5, 0.6) is 0 Å². The zero-order valence-corrected chi connectivity index (χ0v) is 15.9.